The molecule has 0 spiro atoms. The normalized spacial score (nSPS) is 36.9. The quantitative estimate of drug-likeness (QED) is 0.843. The lowest BCUT2D eigenvalue weighted by Gasteiger charge is -2.44. The highest BCUT2D eigenvalue weighted by atomic mass is 16.5. The number of piperidine rings is 1. The van der Waals surface area contributed by atoms with Crippen LogP contribution in [-0.4, -0.2) is 49.3 Å². The summed E-state index contributed by atoms with van der Waals surface area (Å²) in [5.41, 5.74) is -0.294. The Morgan fingerprint density at radius 2 is 2.26 bits per heavy atom. The summed E-state index contributed by atoms with van der Waals surface area (Å²) in [6.07, 6.45) is 7.12. The Morgan fingerprint density at radius 1 is 1.42 bits per heavy atom. The van der Waals surface area contributed by atoms with Crippen LogP contribution in [0.1, 0.15) is 45.4 Å². The molecule has 108 valence electrons. The summed E-state index contributed by atoms with van der Waals surface area (Å²) in [5, 5.41) is 13.0. The van der Waals surface area contributed by atoms with Gasteiger partial charge in [-0.05, 0) is 51.6 Å². The number of likely N-dealkylation sites (tertiary alicyclic amines) is 1. The molecule has 1 N–H and O–H groups in total. The van der Waals surface area contributed by atoms with Crippen molar-refractivity contribution in [2.24, 2.45) is 0 Å². The van der Waals surface area contributed by atoms with Gasteiger partial charge in [0, 0.05) is 19.7 Å². The molecule has 1 heterocycles. The molecule has 0 amide bonds. The van der Waals surface area contributed by atoms with Crippen molar-refractivity contribution in [1.29, 1.82) is 5.26 Å². The van der Waals surface area contributed by atoms with Gasteiger partial charge in [-0.15, -0.1) is 0 Å². The Kier molecular flexibility index (Phi) is 5.20. The van der Waals surface area contributed by atoms with Crippen molar-refractivity contribution in [3.05, 3.63) is 0 Å². The standard InChI is InChI=1S/C15H27N3O/c1-3-17-15(12-16)8-4-6-13(10-15)18-9-5-7-14(11-18)19-2/h13-14,17H,3-11H2,1-2H3. The molecule has 0 bridgehead atoms. The van der Waals surface area contributed by atoms with E-state index in [4.69, 9.17) is 4.74 Å². The molecule has 0 radical (unpaired) electrons. The van der Waals surface area contributed by atoms with E-state index >= 15 is 0 Å². The highest BCUT2D eigenvalue weighted by Crippen LogP contribution is 2.32. The first-order chi connectivity index (χ1) is 9.23. The van der Waals surface area contributed by atoms with Gasteiger partial charge in [0.25, 0.3) is 0 Å². The van der Waals surface area contributed by atoms with Crippen LogP contribution < -0.4 is 5.32 Å². The molecule has 0 aromatic heterocycles. The molecule has 2 rings (SSSR count). The molecular formula is C15H27N3O. The SMILES string of the molecule is CCNC1(C#N)CCCC(N2CCCC(OC)C2)C1. The fourth-order valence-corrected chi connectivity index (χ4v) is 3.69. The lowest BCUT2D eigenvalue weighted by atomic mass is 9.79. The number of rotatable bonds is 4. The number of methoxy groups -OCH3 is 1. The summed E-state index contributed by atoms with van der Waals surface area (Å²) in [7, 11) is 1.81. The molecule has 3 unspecified atom stereocenters. The van der Waals surface area contributed by atoms with Crippen LogP contribution in [0.5, 0.6) is 0 Å². The van der Waals surface area contributed by atoms with Gasteiger partial charge in [0.2, 0.25) is 0 Å². The maximum Gasteiger partial charge on any atom is 0.108 e. The lowest BCUT2D eigenvalue weighted by molar-refractivity contribution is 0.00163. The second-order valence-corrected chi connectivity index (χ2v) is 5.97. The van der Waals surface area contributed by atoms with Crippen molar-refractivity contribution in [1.82, 2.24) is 10.2 Å². The third-order valence-corrected chi connectivity index (χ3v) is 4.71. The smallest absolute Gasteiger partial charge is 0.108 e. The van der Waals surface area contributed by atoms with E-state index < -0.39 is 0 Å². The predicted octanol–water partition coefficient (Wildman–Crippen LogP) is 1.91. The lowest BCUT2D eigenvalue weighted by Crippen LogP contribution is -2.55. The first-order valence-electron chi connectivity index (χ1n) is 7.66. The molecule has 0 aromatic rings. The highest BCUT2D eigenvalue weighted by molar-refractivity contribution is 5.11. The minimum atomic E-state index is -0.294. The molecule has 0 aromatic carbocycles. The van der Waals surface area contributed by atoms with Crippen molar-refractivity contribution < 1.29 is 4.74 Å². The van der Waals surface area contributed by atoms with Crippen molar-refractivity contribution >= 4 is 0 Å². The summed E-state index contributed by atoms with van der Waals surface area (Å²) in [4.78, 5) is 2.56. The second kappa shape index (κ2) is 6.69. The van der Waals surface area contributed by atoms with Crippen LogP contribution in [-0.2, 0) is 4.74 Å². The van der Waals surface area contributed by atoms with Crippen LogP contribution in [0.2, 0.25) is 0 Å². The van der Waals surface area contributed by atoms with Crippen molar-refractivity contribution in [3.8, 4) is 6.07 Å². The average molecular weight is 265 g/mol. The Bertz CT molecular complexity index is 324. The largest absolute Gasteiger partial charge is 0.380 e. The van der Waals surface area contributed by atoms with Gasteiger partial charge < -0.3 is 4.74 Å². The zero-order valence-corrected chi connectivity index (χ0v) is 12.3. The number of nitriles is 1. The van der Waals surface area contributed by atoms with Gasteiger partial charge in [-0.3, -0.25) is 10.2 Å². The van der Waals surface area contributed by atoms with E-state index in [2.05, 4.69) is 23.2 Å². The van der Waals surface area contributed by atoms with E-state index in [1.54, 1.807) is 0 Å². The topological polar surface area (TPSA) is 48.3 Å². The Labute approximate surface area is 117 Å². The van der Waals surface area contributed by atoms with Crippen LogP contribution in [0, 0.1) is 11.3 Å². The minimum Gasteiger partial charge on any atom is -0.380 e. The van der Waals surface area contributed by atoms with Crippen LogP contribution in [0.3, 0.4) is 0 Å². The number of nitrogens with one attached hydrogen (secondary N) is 1. The first kappa shape index (κ1) is 14.8. The van der Waals surface area contributed by atoms with Gasteiger partial charge in [0.05, 0.1) is 12.2 Å². The number of ether oxygens (including phenoxy) is 1. The molecule has 4 nitrogen and oxygen atoms in total. The molecule has 3 atom stereocenters. The van der Waals surface area contributed by atoms with Gasteiger partial charge in [0.1, 0.15) is 5.54 Å². The molecule has 4 heteroatoms. The van der Waals surface area contributed by atoms with Crippen molar-refractivity contribution in [2.45, 2.75) is 63.1 Å². The average Bonchev–Trinajstić information content (AvgIpc) is 2.48. The summed E-state index contributed by atoms with van der Waals surface area (Å²) < 4.78 is 5.52. The number of hydrogen-bond acceptors (Lipinski definition) is 4. The molecule has 2 fully saturated rings. The van der Waals surface area contributed by atoms with Gasteiger partial charge in [-0.25, -0.2) is 0 Å². The zero-order chi connectivity index (χ0) is 13.7. The molecule has 1 aliphatic heterocycles. The van der Waals surface area contributed by atoms with Gasteiger partial charge in [-0.2, -0.15) is 5.26 Å². The maximum atomic E-state index is 9.53. The van der Waals surface area contributed by atoms with Crippen molar-refractivity contribution in [2.75, 3.05) is 26.7 Å². The molecule has 19 heavy (non-hydrogen) atoms. The minimum absolute atomic E-state index is 0.294. The summed E-state index contributed by atoms with van der Waals surface area (Å²) in [5.74, 6) is 0. The Morgan fingerprint density at radius 3 is 2.95 bits per heavy atom. The van der Waals surface area contributed by atoms with E-state index in [0.717, 1.165) is 38.9 Å². The van der Waals surface area contributed by atoms with E-state index in [1.165, 1.54) is 19.3 Å². The molecular weight excluding hydrogens is 238 g/mol. The fourth-order valence-electron chi connectivity index (χ4n) is 3.69. The van der Waals surface area contributed by atoms with E-state index in [-0.39, 0.29) is 5.54 Å². The molecule has 1 saturated carbocycles. The summed E-state index contributed by atoms with van der Waals surface area (Å²) in [6, 6.07) is 3.09. The second-order valence-electron chi connectivity index (χ2n) is 5.97. The highest BCUT2D eigenvalue weighted by Gasteiger charge is 2.39. The van der Waals surface area contributed by atoms with E-state index in [0.29, 0.717) is 12.1 Å². The fraction of sp³-hybridized carbons (Fsp3) is 0.933. The predicted molar refractivity (Wildman–Crippen MR) is 75.9 cm³/mol. The van der Waals surface area contributed by atoms with Crippen LogP contribution >= 0.6 is 0 Å². The van der Waals surface area contributed by atoms with Crippen molar-refractivity contribution in [3.63, 3.8) is 0 Å². The molecule has 2 aliphatic rings. The van der Waals surface area contributed by atoms with Gasteiger partial charge >= 0.3 is 0 Å². The van der Waals surface area contributed by atoms with Gasteiger partial charge in [0.15, 0.2) is 0 Å². The monoisotopic (exact) mass is 265 g/mol. The zero-order valence-electron chi connectivity index (χ0n) is 12.3. The van der Waals surface area contributed by atoms with E-state index in [9.17, 15) is 5.26 Å². The van der Waals surface area contributed by atoms with Crippen LogP contribution in [0.25, 0.3) is 0 Å². The molecule has 1 aliphatic carbocycles. The first-order valence-corrected chi connectivity index (χ1v) is 7.66. The third-order valence-electron chi connectivity index (χ3n) is 4.71. The number of nitrogens with zero attached hydrogens (tertiary/aromatic N) is 2. The number of hydrogen-bond donors (Lipinski definition) is 1. The summed E-state index contributed by atoms with van der Waals surface area (Å²) in [6.45, 7) is 5.17. The Balaban J connectivity index is 1.98. The third kappa shape index (κ3) is 3.47. The summed E-state index contributed by atoms with van der Waals surface area (Å²) >= 11 is 0. The van der Waals surface area contributed by atoms with Crippen LogP contribution in [0.15, 0.2) is 0 Å². The van der Waals surface area contributed by atoms with Crippen LogP contribution in [0.4, 0.5) is 0 Å². The maximum absolute atomic E-state index is 9.53. The van der Waals surface area contributed by atoms with E-state index in [1.807, 2.05) is 7.11 Å². The molecule has 1 saturated heterocycles. The Hall–Kier alpha value is -0.630. The van der Waals surface area contributed by atoms with Gasteiger partial charge in [-0.1, -0.05) is 6.92 Å².